The summed E-state index contributed by atoms with van der Waals surface area (Å²) in [5, 5.41) is 7.53. The molecule has 0 saturated heterocycles. The number of furan rings is 1. The molecule has 0 saturated carbocycles. The second-order valence-corrected chi connectivity index (χ2v) is 6.12. The lowest BCUT2D eigenvalue weighted by Crippen LogP contribution is -2.11. The lowest BCUT2D eigenvalue weighted by molar-refractivity contribution is 0.0992. The van der Waals surface area contributed by atoms with E-state index < -0.39 is 0 Å². The van der Waals surface area contributed by atoms with Gasteiger partial charge in [0.25, 0.3) is 5.91 Å². The smallest absolute Gasteiger partial charge is 0.291 e. The molecule has 0 unspecified atom stereocenters. The van der Waals surface area contributed by atoms with Crippen LogP contribution in [-0.4, -0.2) is 15.7 Å². The van der Waals surface area contributed by atoms with E-state index in [9.17, 15) is 4.79 Å². The molecule has 1 amide bonds. The Hall–Kier alpha value is -2.73. The first-order valence-corrected chi connectivity index (χ1v) is 8.09. The van der Waals surface area contributed by atoms with Crippen LogP contribution in [0, 0.1) is 13.8 Å². The van der Waals surface area contributed by atoms with Crippen molar-refractivity contribution in [2.45, 2.75) is 20.5 Å². The first-order chi connectivity index (χ1) is 11.9. The maximum atomic E-state index is 12.3. The van der Waals surface area contributed by atoms with E-state index in [0.717, 1.165) is 17.0 Å². The number of carbonyl (C=O) groups excluding carboxylic acids is 1. The maximum Gasteiger partial charge on any atom is 0.291 e. The molecule has 130 valence electrons. The number of nitrogens with zero attached hydrogens (tertiary/aromatic N) is 2. The first kappa shape index (κ1) is 17.1. The number of ether oxygens (including phenoxy) is 1. The van der Waals surface area contributed by atoms with E-state index in [2.05, 4.69) is 10.4 Å². The van der Waals surface area contributed by atoms with E-state index in [1.54, 1.807) is 35.1 Å². The molecular formula is C18H18ClN3O3. The molecule has 0 atom stereocenters. The highest BCUT2D eigenvalue weighted by Gasteiger charge is 2.14. The fourth-order valence-corrected chi connectivity index (χ4v) is 2.53. The molecule has 0 bridgehead atoms. The number of aryl methyl sites for hydroxylation is 2. The van der Waals surface area contributed by atoms with Crippen molar-refractivity contribution in [3.63, 3.8) is 0 Å². The largest absolute Gasteiger partial charge is 0.485 e. The Morgan fingerprint density at radius 2 is 2.12 bits per heavy atom. The van der Waals surface area contributed by atoms with Crippen molar-refractivity contribution in [3.8, 4) is 5.75 Å². The van der Waals surface area contributed by atoms with Crippen LogP contribution in [0.2, 0.25) is 5.02 Å². The van der Waals surface area contributed by atoms with Crippen LogP contribution in [0.4, 0.5) is 5.69 Å². The fourth-order valence-electron chi connectivity index (χ4n) is 2.31. The van der Waals surface area contributed by atoms with Crippen molar-refractivity contribution in [2.24, 2.45) is 7.05 Å². The molecule has 0 spiro atoms. The number of amides is 1. The van der Waals surface area contributed by atoms with Gasteiger partial charge in [-0.15, -0.1) is 0 Å². The van der Waals surface area contributed by atoms with Gasteiger partial charge < -0.3 is 14.5 Å². The van der Waals surface area contributed by atoms with Gasteiger partial charge in [0, 0.05) is 12.1 Å². The Labute approximate surface area is 150 Å². The van der Waals surface area contributed by atoms with Gasteiger partial charge in [-0.2, -0.15) is 5.10 Å². The molecule has 0 aliphatic heterocycles. The summed E-state index contributed by atoms with van der Waals surface area (Å²) in [4.78, 5) is 12.3. The van der Waals surface area contributed by atoms with E-state index in [4.69, 9.17) is 20.8 Å². The fraction of sp³-hybridized carbons (Fsp3) is 0.222. The topological polar surface area (TPSA) is 69.3 Å². The molecular weight excluding hydrogens is 342 g/mol. The lowest BCUT2D eigenvalue weighted by atomic mass is 10.2. The minimum Gasteiger partial charge on any atom is -0.485 e. The van der Waals surface area contributed by atoms with E-state index in [0.29, 0.717) is 16.5 Å². The van der Waals surface area contributed by atoms with Crippen LogP contribution < -0.4 is 10.1 Å². The molecule has 6 nitrogen and oxygen atoms in total. The molecule has 25 heavy (non-hydrogen) atoms. The molecule has 0 fully saturated rings. The standard InChI is InChI=1S/C18H18ClN3O3/c1-11-8-13(19)4-6-16(11)24-10-14-5-7-17(25-14)18(23)21-15-9-20-22(3)12(15)2/h4-9H,10H2,1-3H3,(H,21,23). The molecule has 3 rings (SSSR count). The van der Waals surface area contributed by atoms with Gasteiger partial charge in [-0.25, -0.2) is 0 Å². The van der Waals surface area contributed by atoms with Gasteiger partial charge in [0.2, 0.25) is 0 Å². The average Bonchev–Trinajstić information content (AvgIpc) is 3.16. The normalized spacial score (nSPS) is 10.7. The Morgan fingerprint density at radius 3 is 2.80 bits per heavy atom. The van der Waals surface area contributed by atoms with Crippen molar-refractivity contribution in [3.05, 3.63) is 64.3 Å². The van der Waals surface area contributed by atoms with Crippen LogP contribution in [0.5, 0.6) is 5.75 Å². The van der Waals surface area contributed by atoms with Crippen molar-refractivity contribution in [2.75, 3.05) is 5.32 Å². The number of aromatic nitrogens is 2. The average molecular weight is 360 g/mol. The summed E-state index contributed by atoms with van der Waals surface area (Å²) in [6.07, 6.45) is 1.60. The van der Waals surface area contributed by atoms with Gasteiger partial charge >= 0.3 is 0 Å². The highest BCUT2D eigenvalue weighted by Crippen LogP contribution is 2.23. The van der Waals surface area contributed by atoms with Crippen molar-refractivity contribution < 1.29 is 13.9 Å². The molecule has 2 heterocycles. The number of rotatable bonds is 5. The van der Waals surface area contributed by atoms with Gasteiger partial charge in [0.1, 0.15) is 18.1 Å². The molecule has 0 radical (unpaired) electrons. The SMILES string of the molecule is Cc1cc(Cl)ccc1OCc1ccc(C(=O)Nc2cnn(C)c2C)o1. The number of nitrogens with one attached hydrogen (secondary N) is 1. The Balaban J connectivity index is 1.63. The van der Waals surface area contributed by atoms with Crippen molar-refractivity contribution in [1.82, 2.24) is 9.78 Å². The van der Waals surface area contributed by atoms with Gasteiger partial charge in [-0.3, -0.25) is 9.48 Å². The van der Waals surface area contributed by atoms with Crippen molar-refractivity contribution >= 4 is 23.2 Å². The lowest BCUT2D eigenvalue weighted by Gasteiger charge is -2.07. The summed E-state index contributed by atoms with van der Waals surface area (Å²) in [6.45, 7) is 4.01. The second kappa shape index (κ2) is 7.03. The molecule has 3 aromatic rings. The van der Waals surface area contributed by atoms with Gasteiger partial charge in [0.15, 0.2) is 5.76 Å². The third kappa shape index (κ3) is 3.85. The zero-order valence-corrected chi connectivity index (χ0v) is 14.9. The Kier molecular flexibility index (Phi) is 4.81. The number of benzene rings is 1. The maximum absolute atomic E-state index is 12.3. The first-order valence-electron chi connectivity index (χ1n) is 7.71. The summed E-state index contributed by atoms with van der Waals surface area (Å²) < 4.78 is 13.0. The highest BCUT2D eigenvalue weighted by atomic mass is 35.5. The summed E-state index contributed by atoms with van der Waals surface area (Å²) in [5.74, 6) is 1.17. The second-order valence-electron chi connectivity index (χ2n) is 5.69. The minimum absolute atomic E-state index is 0.217. The van der Waals surface area contributed by atoms with Gasteiger partial charge in [-0.05, 0) is 49.7 Å². The Morgan fingerprint density at radius 1 is 1.32 bits per heavy atom. The van der Waals surface area contributed by atoms with Crippen LogP contribution in [0.15, 0.2) is 40.9 Å². The van der Waals surface area contributed by atoms with Gasteiger partial charge in [-0.1, -0.05) is 11.6 Å². The zero-order chi connectivity index (χ0) is 18.0. The summed E-state index contributed by atoms with van der Waals surface area (Å²) >= 11 is 5.93. The molecule has 1 N–H and O–H groups in total. The molecule has 1 aromatic carbocycles. The minimum atomic E-state index is -0.329. The number of carbonyl (C=O) groups is 1. The monoisotopic (exact) mass is 359 g/mol. The summed E-state index contributed by atoms with van der Waals surface area (Å²) in [6, 6.07) is 8.74. The van der Waals surface area contributed by atoms with E-state index in [1.807, 2.05) is 27.0 Å². The van der Waals surface area contributed by atoms with E-state index in [1.165, 1.54) is 0 Å². The van der Waals surface area contributed by atoms with Crippen LogP contribution in [-0.2, 0) is 13.7 Å². The molecule has 0 aliphatic carbocycles. The zero-order valence-electron chi connectivity index (χ0n) is 14.2. The predicted octanol–water partition coefficient (Wildman–Crippen LogP) is 4.11. The predicted molar refractivity (Wildman–Crippen MR) is 95.1 cm³/mol. The van der Waals surface area contributed by atoms with E-state index >= 15 is 0 Å². The number of hydrogen-bond acceptors (Lipinski definition) is 4. The van der Waals surface area contributed by atoms with Gasteiger partial charge in [0.05, 0.1) is 17.6 Å². The molecule has 2 aromatic heterocycles. The molecule has 0 aliphatic rings. The number of halogens is 1. The van der Waals surface area contributed by atoms with Crippen LogP contribution in [0.25, 0.3) is 0 Å². The van der Waals surface area contributed by atoms with Crippen LogP contribution in [0.3, 0.4) is 0 Å². The quantitative estimate of drug-likeness (QED) is 0.744. The van der Waals surface area contributed by atoms with Crippen LogP contribution in [0.1, 0.15) is 27.6 Å². The number of anilines is 1. The third-order valence-electron chi connectivity index (χ3n) is 3.88. The summed E-state index contributed by atoms with van der Waals surface area (Å²) in [5.41, 5.74) is 2.45. The third-order valence-corrected chi connectivity index (χ3v) is 4.11. The van der Waals surface area contributed by atoms with E-state index in [-0.39, 0.29) is 18.3 Å². The Bertz CT molecular complexity index is 914. The van der Waals surface area contributed by atoms with Crippen LogP contribution >= 0.6 is 11.6 Å². The highest BCUT2D eigenvalue weighted by molar-refractivity contribution is 6.30. The number of hydrogen-bond donors (Lipinski definition) is 1. The van der Waals surface area contributed by atoms with Crippen molar-refractivity contribution in [1.29, 1.82) is 0 Å². The summed E-state index contributed by atoms with van der Waals surface area (Å²) in [7, 11) is 1.81. The molecule has 7 heteroatoms.